The lowest BCUT2D eigenvalue weighted by Gasteiger charge is -2.44. The van der Waals surface area contributed by atoms with Crippen molar-refractivity contribution in [1.82, 2.24) is 0 Å². The van der Waals surface area contributed by atoms with Gasteiger partial charge in [-0.05, 0) is 6.92 Å². The van der Waals surface area contributed by atoms with Crippen LogP contribution in [0.5, 0.6) is 0 Å². The molecule has 0 aromatic rings. The third-order valence-corrected chi connectivity index (χ3v) is 2.48. The highest BCUT2D eigenvalue weighted by atomic mass is 16.7. The molecule has 1 saturated heterocycles. The maximum absolute atomic E-state index is 10.9. The Balaban J connectivity index is 3.02. The standard InChI is InChI=1S/C10H16O8/c1-4-7(17-5(2)11)8(18-6(3)12)10(14,15)9(13)16-4/h4,7-9,13-15H,1-3H3/t4-,7+,8+,9-/m1/s1. The van der Waals surface area contributed by atoms with Crippen molar-refractivity contribution in [2.24, 2.45) is 0 Å². The van der Waals surface area contributed by atoms with Gasteiger partial charge in [0.25, 0.3) is 5.79 Å². The van der Waals surface area contributed by atoms with Crippen molar-refractivity contribution in [3.8, 4) is 0 Å². The van der Waals surface area contributed by atoms with Crippen LogP contribution in [0.15, 0.2) is 0 Å². The average Bonchev–Trinajstić information content (AvgIpc) is 2.20. The van der Waals surface area contributed by atoms with Crippen molar-refractivity contribution in [3.63, 3.8) is 0 Å². The van der Waals surface area contributed by atoms with Crippen molar-refractivity contribution >= 4 is 11.9 Å². The topological polar surface area (TPSA) is 123 Å². The van der Waals surface area contributed by atoms with Crippen LogP contribution >= 0.6 is 0 Å². The van der Waals surface area contributed by atoms with Gasteiger partial charge in [-0.1, -0.05) is 0 Å². The van der Waals surface area contributed by atoms with E-state index in [1.807, 2.05) is 0 Å². The molecular weight excluding hydrogens is 248 g/mol. The minimum absolute atomic E-state index is 0.709. The predicted molar refractivity (Wildman–Crippen MR) is 54.8 cm³/mol. The van der Waals surface area contributed by atoms with Crippen LogP contribution in [0.1, 0.15) is 20.8 Å². The number of rotatable bonds is 2. The quantitative estimate of drug-likeness (QED) is 0.397. The molecule has 0 aromatic heterocycles. The second kappa shape index (κ2) is 5.19. The summed E-state index contributed by atoms with van der Waals surface area (Å²) in [4.78, 5) is 21.9. The van der Waals surface area contributed by atoms with Gasteiger partial charge in [-0.2, -0.15) is 0 Å². The fourth-order valence-corrected chi connectivity index (χ4v) is 1.69. The highest BCUT2D eigenvalue weighted by Crippen LogP contribution is 2.31. The van der Waals surface area contributed by atoms with Gasteiger partial charge in [-0.25, -0.2) is 0 Å². The molecule has 0 radical (unpaired) electrons. The highest BCUT2D eigenvalue weighted by Gasteiger charge is 2.57. The molecule has 1 fully saturated rings. The number of hydrogen-bond acceptors (Lipinski definition) is 8. The summed E-state index contributed by atoms with van der Waals surface area (Å²) in [6.45, 7) is 3.59. The molecule has 18 heavy (non-hydrogen) atoms. The van der Waals surface area contributed by atoms with Crippen molar-refractivity contribution in [1.29, 1.82) is 0 Å². The van der Waals surface area contributed by atoms with Crippen molar-refractivity contribution < 1.29 is 39.1 Å². The fourth-order valence-electron chi connectivity index (χ4n) is 1.69. The van der Waals surface area contributed by atoms with Gasteiger partial charge in [0, 0.05) is 13.8 Å². The molecule has 3 N–H and O–H groups in total. The smallest absolute Gasteiger partial charge is 0.303 e. The average molecular weight is 264 g/mol. The van der Waals surface area contributed by atoms with Crippen LogP contribution in [0.4, 0.5) is 0 Å². The normalized spacial score (nSPS) is 34.8. The van der Waals surface area contributed by atoms with Gasteiger partial charge in [-0.3, -0.25) is 9.59 Å². The molecule has 104 valence electrons. The molecule has 1 heterocycles. The number of ether oxygens (including phenoxy) is 3. The minimum atomic E-state index is -2.86. The zero-order valence-electron chi connectivity index (χ0n) is 10.2. The molecule has 0 spiro atoms. The molecule has 8 nitrogen and oxygen atoms in total. The van der Waals surface area contributed by atoms with Crippen LogP contribution in [-0.2, 0) is 23.8 Å². The number of esters is 2. The van der Waals surface area contributed by atoms with Crippen molar-refractivity contribution in [2.75, 3.05) is 0 Å². The van der Waals surface area contributed by atoms with Gasteiger partial charge in [0.05, 0.1) is 6.10 Å². The highest BCUT2D eigenvalue weighted by molar-refractivity contribution is 5.67. The van der Waals surface area contributed by atoms with Crippen LogP contribution in [-0.4, -0.2) is 57.6 Å². The predicted octanol–water partition coefficient (Wildman–Crippen LogP) is -1.73. The molecule has 0 amide bonds. The largest absolute Gasteiger partial charge is 0.456 e. The van der Waals surface area contributed by atoms with Gasteiger partial charge in [0.1, 0.15) is 0 Å². The molecule has 1 aliphatic heterocycles. The van der Waals surface area contributed by atoms with Gasteiger partial charge in [0.2, 0.25) is 6.29 Å². The summed E-state index contributed by atoms with van der Waals surface area (Å²) in [5.41, 5.74) is 0. The van der Waals surface area contributed by atoms with E-state index in [4.69, 9.17) is 14.2 Å². The Morgan fingerprint density at radius 3 is 2.11 bits per heavy atom. The summed E-state index contributed by atoms with van der Waals surface area (Å²) in [5.74, 6) is -4.39. The van der Waals surface area contributed by atoms with E-state index in [9.17, 15) is 24.9 Å². The van der Waals surface area contributed by atoms with Gasteiger partial charge in [0.15, 0.2) is 12.2 Å². The molecule has 0 aromatic carbocycles. The Bertz CT molecular complexity index is 339. The first-order valence-corrected chi connectivity index (χ1v) is 5.29. The fraction of sp³-hybridized carbons (Fsp3) is 0.800. The first kappa shape index (κ1) is 14.8. The second-order valence-corrected chi connectivity index (χ2v) is 4.08. The van der Waals surface area contributed by atoms with Crippen LogP contribution < -0.4 is 0 Å². The molecule has 8 heteroatoms. The lowest BCUT2D eigenvalue weighted by molar-refractivity contribution is -0.392. The third-order valence-electron chi connectivity index (χ3n) is 2.48. The van der Waals surface area contributed by atoms with E-state index in [1.165, 1.54) is 6.92 Å². The lowest BCUT2D eigenvalue weighted by atomic mass is 9.96. The summed E-state index contributed by atoms with van der Waals surface area (Å²) >= 11 is 0. The molecule has 0 aliphatic carbocycles. The van der Waals surface area contributed by atoms with Gasteiger partial charge in [-0.15, -0.1) is 0 Å². The third kappa shape index (κ3) is 2.96. The Kier molecular flexibility index (Phi) is 4.28. The van der Waals surface area contributed by atoms with Gasteiger partial charge < -0.3 is 29.5 Å². The van der Waals surface area contributed by atoms with E-state index in [-0.39, 0.29) is 0 Å². The Morgan fingerprint density at radius 1 is 1.17 bits per heavy atom. The molecule has 4 atom stereocenters. The van der Waals surface area contributed by atoms with E-state index < -0.39 is 42.3 Å². The molecular formula is C10H16O8. The summed E-state index contributed by atoms with van der Waals surface area (Å²) in [5, 5.41) is 28.7. The van der Waals surface area contributed by atoms with Crippen LogP contribution in [0, 0.1) is 0 Å². The molecule has 0 saturated carbocycles. The lowest BCUT2D eigenvalue weighted by Crippen LogP contribution is -2.67. The van der Waals surface area contributed by atoms with Crippen LogP contribution in [0.2, 0.25) is 0 Å². The van der Waals surface area contributed by atoms with Crippen LogP contribution in [0.25, 0.3) is 0 Å². The summed E-state index contributed by atoms with van der Waals surface area (Å²) in [6.07, 6.45) is -5.73. The van der Waals surface area contributed by atoms with Crippen molar-refractivity contribution in [3.05, 3.63) is 0 Å². The Labute approximate surface area is 103 Å². The Morgan fingerprint density at radius 2 is 1.67 bits per heavy atom. The summed E-state index contributed by atoms with van der Waals surface area (Å²) < 4.78 is 14.3. The zero-order chi connectivity index (χ0) is 14.1. The number of aliphatic hydroxyl groups is 3. The number of carbonyl (C=O) groups is 2. The number of carbonyl (C=O) groups excluding carboxylic acids is 2. The maximum Gasteiger partial charge on any atom is 0.303 e. The Hall–Kier alpha value is -1.22. The van der Waals surface area contributed by atoms with E-state index in [1.54, 1.807) is 0 Å². The zero-order valence-corrected chi connectivity index (χ0v) is 10.2. The monoisotopic (exact) mass is 264 g/mol. The second-order valence-electron chi connectivity index (χ2n) is 4.08. The van der Waals surface area contributed by atoms with E-state index in [0.717, 1.165) is 13.8 Å². The number of hydrogen-bond donors (Lipinski definition) is 3. The number of aliphatic hydroxyl groups excluding tert-OH is 1. The van der Waals surface area contributed by atoms with Gasteiger partial charge >= 0.3 is 11.9 Å². The summed E-state index contributed by atoms with van der Waals surface area (Å²) in [7, 11) is 0. The molecule has 0 bridgehead atoms. The first-order chi connectivity index (χ1) is 8.16. The maximum atomic E-state index is 10.9. The van der Waals surface area contributed by atoms with E-state index in [0.29, 0.717) is 0 Å². The minimum Gasteiger partial charge on any atom is -0.456 e. The molecule has 1 aliphatic rings. The van der Waals surface area contributed by atoms with E-state index >= 15 is 0 Å². The van der Waals surface area contributed by atoms with E-state index in [2.05, 4.69) is 0 Å². The SMILES string of the molecule is CC(=O)O[C@H]1[C@@H](C)O[C@@H](O)C(O)(O)[C@H]1OC(C)=O. The summed E-state index contributed by atoms with van der Waals surface area (Å²) in [6, 6.07) is 0. The van der Waals surface area contributed by atoms with Crippen LogP contribution in [0.3, 0.4) is 0 Å². The van der Waals surface area contributed by atoms with Crippen molar-refractivity contribution in [2.45, 2.75) is 51.2 Å². The first-order valence-electron chi connectivity index (χ1n) is 5.29. The molecule has 0 unspecified atom stereocenters. The molecule has 1 rings (SSSR count).